The Labute approximate surface area is 139 Å². The molecule has 6 nitrogen and oxygen atoms in total. The zero-order valence-electron chi connectivity index (χ0n) is 13.1. The first-order chi connectivity index (χ1) is 11.6. The second kappa shape index (κ2) is 6.80. The van der Waals surface area contributed by atoms with E-state index in [0.29, 0.717) is 19.6 Å². The number of rotatable bonds is 5. The maximum absolute atomic E-state index is 12.5. The summed E-state index contributed by atoms with van der Waals surface area (Å²) in [6.07, 6.45) is 1.44. The van der Waals surface area contributed by atoms with Gasteiger partial charge in [0.15, 0.2) is 0 Å². The largest absolute Gasteiger partial charge is 0.464 e. The molecule has 1 saturated heterocycles. The summed E-state index contributed by atoms with van der Waals surface area (Å²) in [5, 5.41) is 14.0. The summed E-state index contributed by atoms with van der Waals surface area (Å²) in [6, 6.07) is 15.8. The molecule has 1 heterocycles. The van der Waals surface area contributed by atoms with Crippen molar-refractivity contribution < 1.29 is 14.5 Å². The molecule has 0 amide bonds. The standard InChI is InChI=1S/C18H18N2O4/c21-17-18(11-4-12-24-17,15-5-2-1-3-6-15)19-13-14-7-9-16(10-8-14)20(22)23/h1-3,5-10,19H,4,11-13H2/t18-/m0/s1. The van der Waals surface area contributed by atoms with Gasteiger partial charge < -0.3 is 4.74 Å². The number of ether oxygens (including phenoxy) is 1. The number of hydrogen-bond acceptors (Lipinski definition) is 5. The molecule has 0 radical (unpaired) electrons. The van der Waals surface area contributed by atoms with Crippen molar-refractivity contribution in [3.63, 3.8) is 0 Å². The zero-order valence-corrected chi connectivity index (χ0v) is 13.1. The molecule has 0 aliphatic carbocycles. The summed E-state index contributed by atoms with van der Waals surface area (Å²) in [7, 11) is 0. The molecule has 1 atom stereocenters. The van der Waals surface area contributed by atoms with E-state index in [9.17, 15) is 14.9 Å². The summed E-state index contributed by atoms with van der Waals surface area (Å²) in [6.45, 7) is 0.856. The lowest BCUT2D eigenvalue weighted by molar-refractivity contribution is -0.384. The van der Waals surface area contributed by atoms with Crippen molar-refractivity contribution >= 4 is 11.7 Å². The van der Waals surface area contributed by atoms with E-state index >= 15 is 0 Å². The number of nitro benzene ring substituents is 1. The van der Waals surface area contributed by atoms with Crippen LogP contribution in [0.4, 0.5) is 5.69 Å². The van der Waals surface area contributed by atoms with Crippen LogP contribution >= 0.6 is 0 Å². The summed E-state index contributed by atoms with van der Waals surface area (Å²) in [5.41, 5.74) is 0.917. The van der Waals surface area contributed by atoms with Crippen molar-refractivity contribution in [2.75, 3.05) is 6.61 Å². The number of hydrogen-bond donors (Lipinski definition) is 1. The van der Waals surface area contributed by atoms with Crippen molar-refractivity contribution in [1.29, 1.82) is 0 Å². The number of nitro groups is 1. The second-order valence-corrected chi connectivity index (χ2v) is 5.79. The highest BCUT2D eigenvalue weighted by atomic mass is 16.6. The van der Waals surface area contributed by atoms with Gasteiger partial charge in [0.05, 0.1) is 11.5 Å². The van der Waals surface area contributed by atoms with Crippen molar-refractivity contribution in [1.82, 2.24) is 5.32 Å². The molecule has 0 saturated carbocycles. The first-order valence-electron chi connectivity index (χ1n) is 7.83. The van der Waals surface area contributed by atoms with Gasteiger partial charge in [0, 0.05) is 18.7 Å². The molecule has 2 aromatic carbocycles. The van der Waals surface area contributed by atoms with E-state index in [0.717, 1.165) is 17.5 Å². The van der Waals surface area contributed by atoms with Crippen LogP contribution in [0.15, 0.2) is 54.6 Å². The molecule has 1 aliphatic rings. The van der Waals surface area contributed by atoms with E-state index in [4.69, 9.17) is 4.74 Å². The monoisotopic (exact) mass is 326 g/mol. The number of nitrogens with zero attached hydrogens (tertiary/aromatic N) is 1. The maximum atomic E-state index is 12.5. The van der Waals surface area contributed by atoms with Gasteiger partial charge >= 0.3 is 5.97 Å². The van der Waals surface area contributed by atoms with Crippen molar-refractivity contribution in [3.8, 4) is 0 Å². The summed E-state index contributed by atoms with van der Waals surface area (Å²) in [5.74, 6) is -0.276. The number of nitrogens with one attached hydrogen (secondary N) is 1. The van der Waals surface area contributed by atoms with E-state index < -0.39 is 10.5 Å². The Hall–Kier alpha value is -2.73. The van der Waals surface area contributed by atoms with Crippen LogP contribution in [0, 0.1) is 10.1 Å². The fraction of sp³-hybridized carbons (Fsp3) is 0.278. The Bertz CT molecular complexity index is 730. The predicted molar refractivity (Wildman–Crippen MR) is 88.2 cm³/mol. The van der Waals surface area contributed by atoms with Crippen LogP contribution in [-0.2, 0) is 21.6 Å². The molecule has 1 fully saturated rings. The number of benzene rings is 2. The Morgan fingerprint density at radius 2 is 1.83 bits per heavy atom. The highest BCUT2D eigenvalue weighted by molar-refractivity contribution is 5.83. The van der Waals surface area contributed by atoms with Gasteiger partial charge in [-0.05, 0) is 24.0 Å². The van der Waals surface area contributed by atoms with Gasteiger partial charge in [0.25, 0.3) is 5.69 Å². The minimum absolute atomic E-state index is 0.0496. The van der Waals surface area contributed by atoms with E-state index in [2.05, 4.69) is 5.32 Å². The van der Waals surface area contributed by atoms with E-state index in [1.807, 2.05) is 30.3 Å². The fourth-order valence-corrected chi connectivity index (χ4v) is 2.96. The summed E-state index contributed by atoms with van der Waals surface area (Å²) >= 11 is 0. The van der Waals surface area contributed by atoms with E-state index in [-0.39, 0.29) is 11.7 Å². The predicted octanol–water partition coefficient (Wildman–Crippen LogP) is 2.92. The van der Waals surface area contributed by atoms with Crippen LogP contribution < -0.4 is 5.32 Å². The Kier molecular flexibility index (Phi) is 4.57. The van der Waals surface area contributed by atoms with E-state index in [1.165, 1.54) is 12.1 Å². The number of non-ortho nitro benzene ring substituents is 1. The Morgan fingerprint density at radius 3 is 2.46 bits per heavy atom. The highest BCUT2D eigenvalue weighted by Crippen LogP contribution is 2.32. The maximum Gasteiger partial charge on any atom is 0.331 e. The van der Waals surface area contributed by atoms with Crippen LogP contribution in [0.1, 0.15) is 24.0 Å². The van der Waals surface area contributed by atoms with Crippen molar-refractivity contribution in [2.45, 2.75) is 24.9 Å². The van der Waals surface area contributed by atoms with Gasteiger partial charge in [0.1, 0.15) is 5.54 Å². The van der Waals surface area contributed by atoms with Crippen LogP contribution in [-0.4, -0.2) is 17.5 Å². The number of esters is 1. The van der Waals surface area contributed by atoms with Crippen LogP contribution in [0.25, 0.3) is 0 Å². The second-order valence-electron chi connectivity index (χ2n) is 5.79. The van der Waals surface area contributed by atoms with Crippen molar-refractivity contribution in [3.05, 3.63) is 75.8 Å². The molecule has 1 N–H and O–H groups in total. The van der Waals surface area contributed by atoms with Crippen molar-refractivity contribution in [2.24, 2.45) is 0 Å². The Balaban J connectivity index is 1.82. The number of cyclic esters (lactones) is 1. The molecular formula is C18H18N2O4. The number of carbonyl (C=O) groups is 1. The van der Waals surface area contributed by atoms with Gasteiger partial charge in [-0.3, -0.25) is 15.4 Å². The lowest BCUT2D eigenvalue weighted by Gasteiger charge is -2.36. The average Bonchev–Trinajstić information content (AvgIpc) is 2.62. The molecule has 1 aliphatic heterocycles. The summed E-state index contributed by atoms with van der Waals surface area (Å²) in [4.78, 5) is 22.8. The highest BCUT2D eigenvalue weighted by Gasteiger charge is 2.43. The molecule has 0 unspecified atom stereocenters. The third kappa shape index (κ3) is 3.14. The molecule has 3 rings (SSSR count). The molecule has 124 valence electrons. The molecule has 2 aromatic rings. The SMILES string of the molecule is O=C1OCCC[C@]1(NCc1ccc([N+](=O)[O-])cc1)c1ccccc1. The van der Waals surface area contributed by atoms with Gasteiger partial charge in [-0.2, -0.15) is 0 Å². The molecule has 6 heteroatoms. The van der Waals surface area contributed by atoms with Gasteiger partial charge in [-0.25, -0.2) is 4.79 Å². The fourth-order valence-electron chi connectivity index (χ4n) is 2.96. The molecular weight excluding hydrogens is 308 g/mol. The topological polar surface area (TPSA) is 81.5 Å². The minimum Gasteiger partial charge on any atom is -0.464 e. The third-order valence-corrected chi connectivity index (χ3v) is 4.29. The number of carbonyl (C=O) groups excluding carboxylic acids is 1. The lowest BCUT2D eigenvalue weighted by Crippen LogP contribution is -2.52. The van der Waals surface area contributed by atoms with Crippen LogP contribution in [0.2, 0.25) is 0 Å². The van der Waals surface area contributed by atoms with Crippen LogP contribution in [0.5, 0.6) is 0 Å². The van der Waals surface area contributed by atoms with Gasteiger partial charge in [-0.15, -0.1) is 0 Å². The molecule has 0 aromatic heterocycles. The lowest BCUT2D eigenvalue weighted by atomic mass is 9.83. The Morgan fingerprint density at radius 1 is 1.12 bits per heavy atom. The first-order valence-corrected chi connectivity index (χ1v) is 7.83. The quantitative estimate of drug-likeness (QED) is 0.519. The van der Waals surface area contributed by atoms with Gasteiger partial charge in [0.2, 0.25) is 0 Å². The van der Waals surface area contributed by atoms with E-state index in [1.54, 1.807) is 12.1 Å². The minimum atomic E-state index is -0.874. The molecule has 0 bridgehead atoms. The third-order valence-electron chi connectivity index (χ3n) is 4.29. The molecule has 24 heavy (non-hydrogen) atoms. The first kappa shape index (κ1) is 16.1. The molecule has 0 spiro atoms. The summed E-state index contributed by atoms with van der Waals surface area (Å²) < 4.78 is 5.30. The normalized spacial score (nSPS) is 20.4. The average molecular weight is 326 g/mol. The van der Waals surface area contributed by atoms with Crippen LogP contribution in [0.3, 0.4) is 0 Å². The van der Waals surface area contributed by atoms with Gasteiger partial charge in [-0.1, -0.05) is 42.5 Å². The smallest absolute Gasteiger partial charge is 0.331 e. The zero-order chi connectivity index (χ0) is 17.0.